The number of ether oxygens (including phenoxy) is 2. The minimum atomic E-state index is -0.189. The summed E-state index contributed by atoms with van der Waals surface area (Å²) in [5.41, 5.74) is 1.18. The van der Waals surface area contributed by atoms with E-state index >= 15 is 0 Å². The molecule has 2 rings (SSSR count). The van der Waals surface area contributed by atoms with Crippen LogP contribution in [0.1, 0.15) is 30.1 Å². The van der Waals surface area contributed by atoms with E-state index in [2.05, 4.69) is 28.2 Å². The summed E-state index contributed by atoms with van der Waals surface area (Å²) in [5, 5.41) is 2.89. The average molecular weight is 378 g/mol. The van der Waals surface area contributed by atoms with Gasteiger partial charge in [-0.2, -0.15) is 0 Å². The number of amides is 1. The van der Waals surface area contributed by atoms with Crippen molar-refractivity contribution in [1.29, 1.82) is 0 Å². The Kier molecular flexibility index (Phi) is 6.47. The summed E-state index contributed by atoms with van der Waals surface area (Å²) in [6.45, 7) is 2.72. The lowest BCUT2D eigenvalue weighted by molar-refractivity contribution is 0.102. The minimum Gasteiger partial charge on any atom is -0.497 e. The van der Waals surface area contributed by atoms with Crippen LogP contribution in [0.4, 0.5) is 5.69 Å². The lowest BCUT2D eigenvalue weighted by Gasteiger charge is -2.14. The first-order valence-corrected chi connectivity index (χ1v) is 8.31. The molecule has 5 heteroatoms. The van der Waals surface area contributed by atoms with Gasteiger partial charge < -0.3 is 14.8 Å². The van der Waals surface area contributed by atoms with Crippen molar-refractivity contribution in [2.45, 2.75) is 19.8 Å². The Labute approximate surface area is 144 Å². The number of carbonyl (C=O) groups is 1. The highest BCUT2D eigenvalue weighted by Crippen LogP contribution is 2.30. The highest BCUT2D eigenvalue weighted by Gasteiger charge is 2.11. The van der Waals surface area contributed by atoms with Crippen LogP contribution in [0.5, 0.6) is 11.5 Å². The summed E-state index contributed by atoms with van der Waals surface area (Å²) < 4.78 is 11.9. The fraction of sp³-hybridized carbons (Fsp3) is 0.278. The van der Waals surface area contributed by atoms with Crippen LogP contribution in [0.25, 0.3) is 0 Å². The summed E-state index contributed by atoms with van der Waals surface area (Å²) in [6, 6.07) is 12.6. The van der Waals surface area contributed by atoms with Crippen molar-refractivity contribution < 1.29 is 14.3 Å². The Bertz CT molecular complexity index is 656. The van der Waals surface area contributed by atoms with Gasteiger partial charge in [-0.15, -0.1) is 0 Å². The molecular formula is C18H20BrNO3. The van der Waals surface area contributed by atoms with Gasteiger partial charge in [0.2, 0.25) is 0 Å². The molecule has 0 aromatic heterocycles. The third kappa shape index (κ3) is 4.99. The number of unbranched alkanes of at least 4 members (excludes halogenated alkanes) is 1. The van der Waals surface area contributed by atoms with Gasteiger partial charge in [0.1, 0.15) is 11.5 Å². The van der Waals surface area contributed by atoms with E-state index in [0.29, 0.717) is 29.4 Å². The maximum Gasteiger partial charge on any atom is 0.255 e. The second-order valence-electron chi connectivity index (χ2n) is 5.03. The van der Waals surface area contributed by atoms with Crippen molar-refractivity contribution in [3.8, 4) is 11.5 Å². The summed E-state index contributed by atoms with van der Waals surface area (Å²) in [5.74, 6) is 1.12. The number of hydrogen-bond donors (Lipinski definition) is 1. The molecule has 2 aromatic rings. The van der Waals surface area contributed by atoms with Gasteiger partial charge in [-0.25, -0.2) is 0 Å². The van der Waals surface area contributed by atoms with Crippen molar-refractivity contribution >= 4 is 27.5 Å². The Balaban J connectivity index is 2.18. The van der Waals surface area contributed by atoms with E-state index in [0.717, 1.165) is 17.3 Å². The zero-order valence-corrected chi connectivity index (χ0v) is 14.9. The molecule has 0 aliphatic heterocycles. The van der Waals surface area contributed by atoms with Gasteiger partial charge in [0, 0.05) is 16.1 Å². The first-order chi connectivity index (χ1) is 11.1. The van der Waals surface area contributed by atoms with Gasteiger partial charge in [0.15, 0.2) is 0 Å². The van der Waals surface area contributed by atoms with Crippen molar-refractivity contribution in [2.75, 3.05) is 19.0 Å². The van der Waals surface area contributed by atoms with E-state index in [9.17, 15) is 4.79 Å². The number of halogens is 1. The SMILES string of the molecule is CCCCOc1ccc(OC)cc1NC(=O)c1ccc(Br)cc1. The second-order valence-corrected chi connectivity index (χ2v) is 5.94. The van der Waals surface area contributed by atoms with Gasteiger partial charge in [0.05, 0.1) is 19.4 Å². The van der Waals surface area contributed by atoms with Crippen LogP contribution < -0.4 is 14.8 Å². The summed E-state index contributed by atoms with van der Waals surface area (Å²) in [4.78, 5) is 12.4. The maximum atomic E-state index is 12.4. The number of nitrogens with one attached hydrogen (secondary N) is 1. The van der Waals surface area contributed by atoms with Crippen molar-refractivity contribution in [1.82, 2.24) is 0 Å². The van der Waals surface area contributed by atoms with Crippen LogP contribution in [-0.4, -0.2) is 19.6 Å². The van der Waals surface area contributed by atoms with Gasteiger partial charge in [-0.3, -0.25) is 4.79 Å². The lowest BCUT2D eigenvalue weighted by atomic mass is 10.2. The standard InChI is InChI=1S/C18H20BrNO3/c1-3-4-11-23-17-10-9-15(22-2)12-16(17)20-18(21)13-5-7-14(19)8-6-13/h5-10,12H,3-4,11H2,1-2H3,(H,20,21). The van der Waals surface area contributed by atoms with Gasteiger partial charge in [-0.1, -0.05) is 29.3 Å². The zero-order chi connectivity index (χ0) is 16.7. The Hall–Kier alpha value is -2.01. The molecule has 0 aliphatic carbocycles. The Morgan fingerprint density at radius 2 is 1.91 bits per heavy atom. The molecule has 2 aromatic carbocycles. The van der Waals surface area contributed by atoms with Crippen LogP contribution in [0.2, 0.25) is 0 Å². The van der Waals surface area contributed by atoms with Gasteiger partial charge in [-0.05, 0) is 42.8 Å². The Morgan fingerprint density at radius 1 is 1.17 bits per heavy atom. The molecule has 0 fully saturated rings. The van der Waals surface area contributed by atoms with E-state index in [1.807, 2.05) is 24.3 Å². The van der Waals surface area contributed by atoms with Crippen LogP contribution in [0, 0.1) is 0 Å². The Morgan fingerprint density at radius 3 is 2.57 bits per heavy atom. The predicted molar refractivity (Wildman–Crippen MR) is 95.5 cm³/mol. The fourth-order valence-electron chi connectivity index (χ4n) is 1.98. The number of carbonyl (C=O) groups excluding carboxylic acids is 1. The molecule has 4 nitrogen and oxygen atoms in total. The molecule has 0 saturated carbocycles. The quantitative estimate of drug-likeness (QED) is 0.698. The number of hydrogen-bond acceptors (Lipinski definition) is 3. The van der Waals surface area contributed by atoms with Crippen LogP contribution in [0.15, 0.2) is 46.9 Å². The molecule has 0 atom stereocenters. The third-order valence-corrected chi connectivity index (χ3v) is 3.83. The first-order valence-electron chi connectivity index (χ1n) is 7.51. The maximum absolute atomic E-state index is 12.4. The first kappa shape index (κ1) is 17.3. The van der Waals surface area contributed by atoms with E-state index < -0.39 is 0 Å². The summed E-state index contributed by atoms with van der Waals surface area (Å²) in [7, 11) is 1.59. The molecule has 1 amide bonds. The normalized spacial score (nSPS) is 10.2. The highest BCUT2D eigenvalue weighted by atomic mass is 79.9. The van der Waals surface area contributed by atoms with Crippen molar-refractivity contribution in [3.05, 3.63) is 52.5 Å². The van der Waals surface area contributed by atoms with Gasteiger partial charge >= 0.3 is 0 Å². The van der Waals surface area contributed by atoms with E-state index in [1.54, 1.807) is 25.3 Å². The smallest absolute Gasteiger partial charge is 0.255 e. The molecule has 1 N–H and O–H groups in total. The van der Waals surface area contributed by atoms with Crippen molar-refractivity contribution in [2.24, 2.45) is 0 Å². The molecule has 0 saturated heterocycles. The fourth-order valence-corrected chi connectivity index (χ4v) is 2.25. The van der Waals surface area contributed by atoms with Crippen molar-refractivity contribution in [3.63, 3.8) is 0 Å². The lowest BCUT2D eigenvalue weighted by Crippen LogP contribution is -2.13. The number of methoxy groups -OCH3 is 1. The monoisotopic (exact) mass is 377 g/mol. The van der Waals surface area contributed by atoms with E-state index in [4.69, 9.17) is 9.47 Å². The van der Waals surface area contributed by atoms with E-state index in [1.165, 1.54) is 0 Å². The van der Waals surface area contributed by atoms with Gasteiger partial charge in [0.25, 0.3) is 5.91 Å². The average Bonchev–Trinajstić information content (AvgIpc) is 2.56. The third-order valence-electron chi connectivity index (χ3n) is 3.30. The number of rotatable bonds is 7. The predicted octanol–water partition coefficient (Wildman–Crippen LogP) is 4.89. The largest absolute Gasteiger partial charge is 0.497 e. The molecule has 0 heterocycles. The second kappa shape index (κ2) is 8.58. The molecular weight excluding hydrogens is 358 g/mol. The molecule has 0 radical (unpaired) electrons. The van der Waals surface area contributed by atoms with Crippen LogP contribution in [-0.2, 0) is 0 Å². The molecule has 0 unspecified atom stereocenters. The molecule has 122 valence electrons. The molecule has 0 bridgehead atoms. The molecule has 0 aliphatic rings. The summed E-state index contributed by atoms with van der Waals surface area (Å²) >= 11 is 3.36. The number of benzene rings is 2. The van der Waals surface area contributed by atoms with Crippen LogP contribution in [0.3, 0.4) is 0 Å². The topological polar surface area (TPSA) is 47.6 Å². The highest BCUT2D eigenvalue weighted by molar-refractivity contribution is 9.10. The number of anilines is 1. The van der Waals surface area contributed by atoms with E-state index in [-0.39, 0.29) is 5.91 Å². The zero-order valence-electron chi connectivity index (χ0n) is 13.3. The van der Waals surface area contributed by atoms with Crippen LogP contribution >= 0.6 is 15.9 Å². The minimum absolute atomic E-state index is 0.189. The summed E-state index contributed by atoms with van der Waals surface area (Å²) in [6.07, 6.45) is 2.02. The molecule has 0 spiro atoms. The molecule has 23 heavy (non-hydrogen) atoms.